The zero-order valence-corrected chi connectivity index (χ0v) is 13.7. The van der Waals surface area contributed by atoms with Crippen molar-refractivity contribution in [1.29, 1.82) is 0 Å². The molecular formula is C14H13N3O4S2. The third-order valence-corrected chi connectivity index (χ3v) is 4.65. The molecule has 0 bridgehead atoms. The minimum atomic E-state index is -3.46. The monoisotopic (exact) mass is 351 g/mol. The van der Waals surface area contributed by atoms with Crippen LogP contribution in [-0.2, 0) is 21.4 Å². The van der Waals surface area contributed by atoms with Crippen LogP contribution in [-0.4, -0.2) is 25.6 Å². The van der Waals surface area contributed by atoms with Crippen molar-refractivity contribution >= 4 is 39.1 Å². The van der Waals surface area contributed by atoms with E-state index in [-0.39, 0.29) is 6.61 Å². The van der Waals surface area contributed by atoms with Crippen molar-refractivity contribution in [3.63, 3.8) is 0 Å². The van der Waals surface area contributed by atoms with E-state index in [4.69, 9.17) is 10.5 Å². The highest BCUT2D eigenvalue weighted by Crippen LogP contribution is 2.37. The van der Waals surface area contributed by atoms with Crippen molar-refractivity contribution in [1.82, 2.24) is 4.98 Å². The molecule has 0 fully saturated rings. The maximum absolute atomic E-state index is 11.7. The van der Waals surface area contributed by atoms with E-state index >= 15 is 0 Å². The average Bonchev–Trinajstić information content (AvgIpc) is 2.81. The lowest BCUT2D eigenvalue weighted by atomic mass is 10.1. The van der Waals surface area contributed by atoms with Crippen molar-refractivity contribution in [2.45, 2.75) is 16.5 Å². The van der Waals surface area contributed by atoms with Gasteiger partial charge in [-0.2, -0.15) is 0 Å². The Bertz CT molecular complexity index is 880. The number of anilines is 2. The molecular weight excluding hydrogens is 338 g/mol. The molecule has 0 aliphatic carbocycles. The Morgan fingerprint density at radius 2 is 2.13 bits per heavy atom. The van der Waals surface area contributed by atoms with Crippen molar-refractivity contribution in [2.75, 3.05) is 16.7 Å². The molecule has 1 aromatic heterocycles. The fourth-order valence-corrected chi connectivity index (χ4v) is 3.58. The Labute approximate surface area is 137 Å². The number of aromatic nitrogens is 1. The molecule has 0 atom stereocenters. The smallest absolute Gasteiger partial charge is 0.338 e. The molecule has 1 aliphatic rings. The van der Waals surface area contributed by atoms with Crippen LogP contribution in [0.5, 0.6) is 0 Å². The van der Waals surface area contributed by atoms with E-state index < -0.39 is 16.0 Å². The van der Waals surface area contributed by atoms with E-state index in [0.717, 1.165) is 6.26 Å². The molecule has 3 rings (SSSR count). The molecule has 0 radical (unpaired) electrons. The van der Waals surface area contributed by atoms with E-state index in [0.29, 0.717) is 32.4 Å². The summed E-state index contributed by atoms with van der Waals surface area (Å²) in [5.74, 6) is -0.418. The normalized spacial score (nSPS) is 13.5. The summed E-state index contributed by atoms with van der Waals surface area (Å²) in [4.78, 5) is 16.4. The van der Waals surface area contributed by atoms with Crippen LogP contribution < -0.4 is 10.5 Å². The number of ether oxygens (including phenoxy) is 1. The van der Waals surface area contributed by atoms with E-state index in [1.807, 2.05) is 0 Å². The zero-order valence-electron chi connectivity index (χ0n) is 12.1. The van der Waals surface area contributed by atoms with Gasteiger partial charge in [-0.15, -0.1) is 0 Å². The Hall–Kier alpha value is -2.26. The number of pyridine rings is 1. The number of esters is 1. The van der Waals surface area contributed by atoms with Crippen LogP contribution in [0.15, 0.2) is 40.4 Å². The van der Waals surface area contributed by atoms with Gasteiger partial charge in [-0.05, 0) is 24.3 Å². The van der Waals surface area contributed by atoms with E-state index in [1.165, 1.54) is 18.0 Å². The second-order valence-corrected chi connectivity index (χ2v) is 7.80. The molecule has 0 spiro atoms. The number of rotatable bonds is 4. The predicted molar refractivity (Wildman–Crippen MR) is 86.8 cm³/mol. The second kappa shape index (κ2) is 5.74. The maximum atomic E-state index is 11.7. The van der Waals surface area contributed by atoms with Gasteiger partial charge in [0.15, 0.2) is 0 Å². The molecule has 120 valence electrons. The van der Waals surface area contributed by atoms with Gasteiger partial charge >= 0.3 is 5.97 Å². The summed E-state index contributed by atoms with van der Waals surface area (Å²) in [5.41, 5.74) is 7.59. The van der Waals surface area contributed by atoms with Gasteiger partial charge in [0.05, 0.1) is 29.4 Å². The van der Waals surface area contributed by atoms with Gasteiger partial charge < -0.3 is 10.5 Å². The highest BCUT2D eigenvalue weighted by Gasteiger charge is 2.24. The van der Waals surface area contributed by atoms with Gasteiger partial charge in [-0.25, -0.2) is 18.2 Å². The minimum Gasteiger partial charge on any atom is -0.457 e. The van der Waals surface area contributed by atoms with Crippen molar-refractivity contribution < 1.29 is 17.9 Å². The minimum absolute atomic E-state index is 0.137. The highest BCUT2D eigenvalue weighted by atomic mass is 32.2. The third kappa shape index (κ3) is 3.57. The Morgan fingerprint density at radius 3 is 2.78 bits per heavy atom. The Kier molecular flexibility index (Phi) is 3.90. The van der Waals surface area contributed by atoms with Crippen LogP contribution in [0, 0.1) is 0 Å². The van der Waals surface area contributed by atoms with Crippen LogP contribution in [0.25, 0.3) is 0 Å². The van der Waals surface area contributed by atoms with E-state index in [9.17, 15) is 13.2 Å². The maximum Gasteiger partial charge on any atom is 0.338 e. The first-order valence-electron chi connectivity index (χ1n) is 6.53. The first-order chi connectivity index (χ1) is 10.8. The second-order valence-electron chi connectivity index (χ2n) is 4.99. The largest absolute Gasteiger partial charge is 0.457 e. The number of cyclic esters (lactones) is 1. The number of sulfonamides is 1. The molecule has 2 heterocycles. The molecule has 3 N–H and O–H groups in total. The zero-order chi connectivity index (χ0) is 16.6. The van der Waals surface area contributed by atoms with Crippen molar-refractivity contribution in [3.8, 4) is 0 Å². The standard InChI is InChI=1S/C14H13N3O4S2/c1-23(19,20)17-11-4-8-7-21-14(18)10(8)5-12(11)22-13-3-2-9(15)6-16-13/h2-6,17H,7,15H2,1H3. The fourth-order valence-electron chi connectivity index (χ4n) is 2.08. The number of nitrogen functional groups attached to an aromatic ring is 1. The number of benzene rings is 1. The molecule has 2 aromatic rings. The quantitative estimate of drug-likeness (QED) is 0.809. The van der Waals surface area contributed by atoms with Crippen molar-refractivity contribution in [3.05, 3.63) is 41.6 Å². The Balaban J connectivity index is 2.03. The fraction of sp³-hybridized carbons (Fsp3) is 0.143. The van der Waals surface area contributed by atoms with Gasteiger partial charge in [-0.3, -0.25) is 4.72 Å². The average molecular weight is 351 g/mol. The summed E-state index contributed by atoms with van der Waals surface area (Å²) in [6.07, 6.45) is 2.57. The first-order valence-corrected chi connectivity index (χ1v) is 9.24. The van der Waals surface area contributed by atoms with Gasteiger partial charge in [0.2, 0.25) is 10.0 Å². The summed E-state index contributed by atoms with van der Waals surface area (Å²) in [7, 11) is -3.46. The number of hydrogen-bond donors (Lipinski definition) is 2. The van der Waals surface area contributed by atoms with Crippen LogP contribution in [0.4, 0.5) is 11.4 Å². The van der Waals surface area contributed by atoms with Crippen LogP contribution >= 0.6 is 11.8 Å². The number of fused-ring (bicyclic) bond motifs is 1. The number of carbonyl (C=O) groups excluding carboxylic acids is 1. The van der Waals surface area contributed by atoms with Gasteiger partial charge in [0.1, 0.15) is 11.6 Å². The topological polar surface area (TPSA) is 111 Å². The molecule has 0 amide bonds. The van der Waals surface area contributed by atoms with Crippen molar-refractivity contribution in [2.24, 2.45) is 0 Å². The van der Waals surface area contributed by atoms with Gasteiger partial charge in [0, 0.05) is 10.5 Å². The molecule has 0 unspecified atom stereocenters. The molecule has 1 aliphatic heterocycles. The summed E-state index contributed by atoms with van der Waals surface area (Å²) in [6.45, 7) is 0.137. The third-order valence-electron chi connectivity index (χ3n) is 3.05. The molecule has 1 aromatic carbocycles. The number of nitrogens with two attached hydrogens (primary N) is 1. The SMILES string of the molecule is CS(=O)(=O)Nc1cc2c(cc1Sc1ccc(N)cn1)C(=O)OC2. The Morgan fingerprint density at radius 1 is 1.35 bits per heavy atom. The molecule has 9 heteroatoms. The van der Waals surface area contributed by atoms with E-state index in [2.05, 4.69) is 9.71 Å². The predicted octanol–water partition coefficient (Wildman–Crippen LogP) is 1.86. The lowest BCUT2D eigenvalue weighted by molar-refractivity contribution is 0.0535. The highest BCUT2D eigenvalue weighted by molar-refractivity contribution is 7.99. The lowest BCUT2D eigenvalue weighted by Gasteiger charge is -2.11. The van der Waals surface area contributed by atoms with Crippen LogP contribution in [0.3, 0.4) is 0 Å². The summed E-state index contributed by atoms with van der Waals surface area (Å²) < 4.78 is 30.6. The lowest BCUT2D eigenvalue weighted by Crippen LogP contribution is -2.11. The first kappa shape index (κ1) is 15.6. The summed E-state index contributed by atoms with van der Waals surface area (Å²) in [5, 5.41) is 0.627. The number of hydrogen-bond acceptors (Lipinski definition) is 7. The van der Waals surface area contributed by atoms with Crippen LogP contribution in [0.2, 0.25) is 0 Å². The molecule has 0 saturated carbocycles. The molecule has 0 saturated heterocycles. The van der Waals surface area contributed by atoms with E-state index in [1.54, 1.807) is 24.3 Å². The number of nitrogens with zero attached hydrogens (tertiary/aromatic N) is 1. The summed E-state index contributed by atoms with van der Waals surface area (Å²) >= 11 is 1.23. The van der Waals surface area contributed by atoms with Gasteiger partial charge in [-0.1, -0.05) is 11.8 Å². The number of carbonyl (C=O) groups is 1. The van der Waals surface area contributed by atoms with Crippen LogP contribution in [0.1, 0.15) is 15.9 Å². The summed E-state index contributed by atoms with van der Waals surface area (Å²) in [6, 6.07) is 6.64. The number of nitrogens with one attached hydrogen (secondary N) is 1. The van der Waals surface area contributed by atoms with Gasteiger partial charge in [0.25, 0.3) is 0 Å². The molecule has 7 nitrogen and oxygen atoms in total. The molecule has 23 heavy (non-hydrogen) atoms.